The van der Waals surface area contributed by atoms with E-state index in [-0.39, 0.29) is 22.9 Å². The topological polar surface area (TPSA) is 77.2 Å². The van der Waals surface area contributed by atoms with Gasteiger partial charge in [-0.15, -0.1) is 0 Å². The van der Waals surface area contributed by atoms with Crippen molar-refractivity contribution in [1.82, 2.24) is 15.0 Å². The number of hydrogen-bond acceptors (Lipinski definition) is 6. The van der Waals surface area contributed by atoms with Crippen molar-refractivity contribution in [1.29, 1.82) is 0 Å². The maximum Gasteiger partial charge on any atom is 0.225 e. The zero-order chi connectivity index (χ0) is 25.7. The van der Waals surface area contributed by atoms with Crippen LogP contribution in [-0.4, -0.2) is 51.6 Å². The number of ether oxygens (including phenoxy) is 1. The van der Waals surface area contributed by atoms with E-state index in [0.29, 0.717) is 23.0 Å². The molecule has 1 aromatic carbocycles. The van der Waals surface area contributed by atoms with Gasteiger partial charge in [-0.2, -0.15) is 0 Å². The molecule has 4 rings (SSSR count). The maximum atomic E-state index is 14.7. The summed E-state index contributed by atoms with van der Waals surface area (Å²) in [7, 11) is 0. The number of hydroxylamine groups is 1. The molecule has 7 nitrogen and oxygen atoms in total. The van der Waals surface area contributed by atoms with Crippen LogP contribution in [0, 0.1) is 22.8 Å². The third-order valence-corrected chi connectivity index (χ3v) is 6.38. The summed E-state index contributed by atoms with van der Waals surface area (Å²) in [5, 5.41) is 11.8. The lowest BCUT2D eigenvalue weighted by Gasteiger charge is -2.31. The number of pyridine rings is 1. The molecule has 0 N–H and O–H groups in total. The van der Waals surface area contributed by atoms with Gasteiger partial charge in [0.25, 0.3) is 0 Å². The van der Waals surface area contributed by atoms with E-state index in [9.17, 15) is 14.0 Å². The molecule has 0 saturated carbocycles. The van der Waals surface area contributed by atoms with Crippen LogP contribution in [-0.2, 0) is 6.42 Å². The Balaban J connectivity index is 1.32. The lowest BCUT2D eigenvalue weighted by Crippen LogP contribution is -2.36. The molecule has 1 saturated heterocycles. The van der Waals surface area contributed by atoms with Crippen LogP contribution >= 0.6 is 0 Å². The Morgan fingerprint density at radius 2 is 1.78 bits per heavy atom. The van der Waals surface area contributed by atoms with Gasteiger partial charge in [0.1, 0.15) is 5.75 Å². The number of halogens is 2. The van der Waals surface area contributed by atoms with Gasteiger partial charge in [0.15, 0.2) is 23.9 Å². The fourth-order valence-electron chi connectivity index (χ4n) is 3.98. The number of hydrogen-bond donors (Lipinski definition) is 0. The fourth-order valence-corrected chi connectivity index (χ4v) is 3.98. The first-order valence-corrected chi connectivity index (χ1v) is 12.3. The van der Waals surface area contributed by atoms with Crippen molar-refractivity contribution < 1.29 is 18.3 Å². The predicted octanol–water partition coefficient (Wildman–Crippen LogP) is 5.01. The minimum atomic E-state index is -1.07. The molecule has 0 spiro atoms. The largest absolute Gasteiger partial charge is 0.624 e. The van der Waals surface area contributed by atoms with Gasteiger partial charge in [-0.25, -0.2) is 23.5 Å². The molecule has 1 aliphatic rings. The molecule has 36 heavy (non-hydrogen) atoms. The van der Waals surface area contributed by atoms with Crippen molar-refractivity contribution >= 4 is 12.2 Å². The van der Waals surface area contributed by atoms with Gasteiger partial charge in [-0.05, 0) is 68.9 Å². The number of aryl methyl sites for hydroxylation is 1. The van der Waals surface area contributed by atoms with Gasteiger partial charge >= 0.3 is 0 Å². The van der Waals surface area contributed by atoms with Gasteiger partial charge in [0.2, 0.25) is 5.95 Å². The van der Waals surface area contributed by atoms with Crippen LogP contribution < -0.4 is 9.64 Å². The SMILES string of the molecule is CCc1cnc(N2CCC(COc3ccc(-c4ccc(/C=[N+](\[O-])C(C)C)c(F)c4F)nc3)CC2)nc1. The Labute approximate surface area is 210 Å². The van der Waals surface area contributed by atoms with E-state index in [1.54, 1.807) is 26.0 Å². The molecule has 190 valence electrons. The normalized spacial score (nSPS) is 14.9. The summed E-state index contributed by atoms with van der Waals surface area (Å²) in [5.41, 5.74) is 1.34. The van der Waals surface area contributed by atoms with Crippen molar-refractivity contribution in [2.45, 2.75) is 46.1 Å². The van der Waals surface area contributed by atoms with E-state index in [1.807, 2.05) is 12.4 Å². The first-order valence-electron chi connectivity index (χ1n) is 12.3. The highest BCUT2D eigenvalue weighted by Gasteiger charge is 2.22. The van der Waals surface area contributed by atoms with Crippen molar-refractivity contribution in [3.05, 3.63) is 70.8 Å². The minimum absolute atomic E-state index is 0.0276. The monoisotopic (exact) mass is 495 g/mol. The Bertz CT molecular complexity index is 1190. The van der Waals surface area contributed by atoms with E-state index in [0.717, 1.165) is 50.1 Å². The molecular formula is C27H31F2N5O2. The van der Waals surface area contributed by atoms with E-state index in [4.69, 9.17) is 4.74 Å². The number of aromatic nitrogens is 3. The zero-order valence-corrected chi connectivity index (χ0v) is 20.8. The third-order valence-electron chi connectivity index (χ3n) is 6.38. The second kappa shape index (κ2) is 11.4. The first-order chi connectivity index (χ1) is 17.4. The molecule has 0 bridgehead atoms. The Morgan fingerprint density at radius 3 is 2.39 bits per heavy atom. The summed E-state index contributed by atoms with van der Waals surface area (Å²) in [5.74, 6) is -0.371. The van der Waals surface area contributed by atoms with Gasteiger partial charge in [0, 0.05) is 31.0 Å². The Hall–Kier alpha value is -3.62. The van der Waals surface area contributed by atoms with Gasteiger partial charge < -0.3 is 14.8 Å². The predicted molar refractivity (Wildman–Crippen MR) is 135 cm³/mol. The van der Waals surface area contributed by atoms with Crippen molar-refractivity contribution in [2.75, 3.05) is 24.6 Å². The molecule has 2 aromatic heterocycles. The molecule has 3 aromatic rings. The van der Waals surface area contributed by atoms with Crippen molar-refractivity contribution in [2.24, 2.45) is 5.92 Å². The molecule has 9 heteroatoms. The molecule has 0 radical (unpaired) electrons. The lowest BCUT2D eigenvalue weighted by molar-refractivity contribution is -0.487. The first kappa shape index (κ1) is 25.5. The number of nitrogens with zero attached hydrogens (tertiary/aromatic N) is 5. The zero-order valence-electron chi connectivity index (χ0n) is 20.8. The van der Waals surface area contributed by atoms with Crippen LogP contribution in [0.2, 0.25) is 0 Å². The Kier molecular flexibility index (Phi) is 8.07. The van der Waals surface area contributed by atoms with Gasteiger partial charge in [0.05, 0.1) is 24.1 Å². The van der Waals surface area contributed by atoms with Gasteiger partial charge in [-0.3, -0.25) is 4.98 Å². The highest BCUT2D eigenvalue weighted by atomic mass is 19.2. The highest BCUT2D eigenvalue weighted by molar-refractivity contribution is 5.78. The van der Waals surface area contributed by atoms with Crippen LogP contribution in [0.15, 0.2) is 42.9 Å². The standard InChI is InChI=1S/C27H31F2N5O2/c1-4-19-13-31-27(32-14-19)33-11-9-20(10-12-33)17-36-22-6-8-24(30-15-22)23-7-5-21(25(28)26(23)29)16-34(35)18(2)3/h5-8,13-16,18,20H,4,9-12,17H2,1-3H3/b34-16-. The quantitative estimate of drug-likeness (QED) is 0.189. The second-order valence-corrected chi connectivity index (χ2v) is 9.28. The van der Waals surface area contributed by atoms with Crippen LogP contribution in [0.4, 0.5) is 14.7 Å². The second-order valence-electron chi connectivity index (χ2n) is 9.28. The molecule has 3 heterocycles. The van der Waals surface area contributed by atoms with Crippen LogP contribution in [0.1, 0.15) is 44.7 Å². The van der Waals surface area contributed by atoms with E-state index in [2.05, 4.69) is 26.8 Å². The summed E-state index contributed by atoms with van der Waals surface area (Å²) in [6, 6.07) is 5.73. The van der Waals surface area contributed by atoms with Crippen LogP contribution in [0.3, 0.4) is 0 Å². The van der Waals surface area contributed by atoms with E-state index < -0.39 is 11.6 Å². The van der Waals surface area contributed by atoms with Gasteiger partial charge in [-0.1, -0.05) is 6.92 Å². The molecule has 0 aliphatic carbocycles. The summed E-state index contributed by atoms with van der Waals surface area (Å²) >= 11 is 0. The third kappa shape index (κ3) is 5.95. The minimum Gasteiger partial charge on any atom is -0.624 e. The Morgan fingerprint density at radius 1 is 1.06 bits per heavy atom. The average Bonchev–Trinajstić information content (AvgIpc) is 2.91. The summed E-state index contributed by atoms with van der Waals surface area (Å²) in [4.78, 5) is 15.4. The molecule has 1 fully saturated rings. The number of piperidine rings is 1. The van der Waals surface area contributed by atoms with Crippen molar-refractivity contribution in [3.63, 3.8) is 0 Å². The maximum absolute atomic E-state index is 14.7. The highest BCUT2D eigenvalue weighted by Crippen LogP contribution is 2.27. The summed E-state index contributed by atoms with van der Waals surface area (Å²) < 4.78 is 35.7. The number of anilines is 1. The van der Waals surface area contributed by atoms with Crippen molar-refractivity contribution in [3.8, 4) is 17.0 Å². The van der Waals surface area contributed by atoms with E-state index in [1.165, 1.54) is 18.3 Å². The molecule has 1 aliphatic heterocycles. The molecule has 0 unspecified atom stereocenters. The molecule has 0 amide bonds. The molecular weight excluding hydrogens is 464 g/mol. The molecule has 0 atom stereocenters. The summed E-state index contributed by atoms with van der Waals surface area (Å²) in [6.07, 6.45) is 9.19. The van der Waals surface area contributed by atoms with E-state index >= 15 is 0 Å². The van der Waals surface area contributed by atoms with Crippen LogP contribution in [0.25, 0.3) is 11.3 Å². The lowest BCUT2D eigenvalue weighted by atomic mass is 9.98. The number of benzene rings is 1. The fraction of sp³-hybridized carbons (Fsp3) is 0.407. The average molecular weight is 496 g/mol. The number of rotatable bonds is 8. The summed E-state index contributed by atoms with van der Waals surface area (Å²) in [6.45, 7) is 7.72. The smallest absolute Gasteiger partial charge is 0.225 e. The van der Waals surface area contributed by atoms with Crippen LogP contribution in [0.5, 0.6) is 5.75 Å².